The molecule has 4 nitrogen and oxygen atoms in total. The van der Waals surface area contributed by atoms with E-state index in [1.54, 1.807) is 6.08 Å². The van der Waals surface area contributed by atoms with Crippen LogP contribution < -0.4 is 0 Å². The van der Waals surface area contributed by atoms with E-state index in [0.29, 0.717) is 6.26 Å². The van der Waals surface area contributed by atoms with Crippen molar-refractivity contribution in [2.45, 2.75) is 0 Å². The Kier molecular flexibility index (Phi) is 5.59. The molecule has 0 saturated carbocycles. The number of aliphatic hydroxyl groups excluding tert-OH is 1. The molecule has 0 amide bonds. The minimum atomic E-state index is -3.67. The predicted molar refractivity (Wildman–Crippen MR) is 55.6 cm³/mol. The zero-order valence-corrected chi connectivity index (χ0v) is 8.48. The third-order valence-electron chi connectivity index (χ3n) is 1.07. The molecule has 78 valence electrons. The molecule has 0 radical (unpaired) electrons. The number of hydrogen-bond acceptors (Lipinski definition) is 3. The van der Waals surface area contributed by atoms with Crippen molar-refractivity contribution in [3.63, 3.8) is 0 Å². The standard InChI is InChI=1S/C8H8O.CH4O3S/c9-7-6-8-4-2-1-3-5-8;1-5(2,3)4/h1-7,9H;1H3,(H,2,3,4). The molecule has 0 heterocycles. The molecule has 5 heteroatoms. The predicted octanol–water partition coefficient (Wildman–Crippen LogP) is 1.72. The first-order chi connectivity index (χ1) is 6.43. The molecule has 0 atom stereocenters. The first kappa shape index (κ1) is 12.7. The van der Waals surface area contributed by atoms with Gasteiger partial charge < -0.3 is 5.11 Å². The minimum absolute atomic E-state index is 0.715. The van der Waals surface area contributed by atoms with Crippen molar-refractivity contribution in [1.82, 2.24) is 0 Å². The first-order valence-corrected chi connectivity index (χ1v) is 5.56. The van der Waals surface area contributed by atoms with E-state index < -0.39 is 10.1 Å². The largest absolute Gasteiger partial charge is 0.516 e. The molecule has 0 unspecified atom stereocenters. The monoisotopic (exact) mass is 216 g/mol. The molecule has 1 rings (SSSR count). The zero-order valence-electron chi connectivity index (χ0n) is 7.66. The third kappa shape index (κ3) is 10.7. The molecule has 0 aromatic heterocycles. The Balaban J connectivity index is 0.000000292. The highest BCUT2D eigenvalue weighted by atomic mass is 32.2. The maximum Gasteiger partial charge on any atom is 0.261 e. The normalized spacial score (nSPS) is 10.7. The van der Waals surface area contributed by atoms with Crippen molar-refractivity contribution >= 4 is 16.2 Å². The van der Waals surface area contributed by atoms with E-state index in [2.05, 4.69) is 0 Å². The number of hydrogen-bond donors (Lipinski definition) is 2. The lowest BCUT2D eigenvalue weighted by Gasteiger charge is -1.86. The van der Waals surface area contributed by atoms with Crippen LogP contribution in [-0.4, -0.2) is 24.3 Å². The summed E-state index contributed by atoms with van der Waals surface area (Å²) in [5.41, 5.74) is 1.01. The van der Waals surface area contributed by atoms with Gasteiger partial charge in [0.2, 0.25) is 0 Å². The van der Waals surface area contributed by atoms with E-state index in [0.717, 1.165) is 11.8 Å². The van der Waals surface area contributed by atoms with Crippen molar-refractivity contribution < 1.29 is 18.1 Å². The van der Waals surface area contributed by atoms with Gasteiger partial charge in [-0.3, -0.25) is 4.55 Å². The van der Waals surface area contributed by atoms with Gasteiger partial charge in [-0.2, -0.15) is 8.42 Å². The highest BCUT2D eigenvalue weighted by molar-refractivity contribution is 7.85. The second kappa shape index (κ2) is 6.17. The highest BCUT2D eigenvalue weighted by Crippen LogP contribution is 1.98. The van der Waals surface area contributed by atoms with E-state index in [4.69, 9.17) is 9.66 Å². The Morgan fingerprint density at radius 3 is 2.00 bits per heavy atom. The Morgan fingerprint density at radius 2 is 1.64 bits per heavy atom. The van der Waals surface area contributed by atoms with Crippen LogP contribution in [0.3, 0.4) is 0 Å². The molecule has 1 aromatic rings. The van der Waals surface area contributed by atoms with Crippen LogP contribution in [0.25, 0.3) is 6.08 Å². The molecule has 0 saturated heterocycles. The highest BCUT2D eigenvalue weighted by Gasteiger charge is 1.81. The quantitative estimate of drug-likeness (QED) is 0.553. The van der Waals surface area contributed by atoms with Gasteiger partial charge in [0, 0.05) is 0 Å². The summed E-state index contributed by atoms with van der Waals surface area (Å²) in [6.45, 7) is 0. The molecule has 0 aliphatic rings. The van der Waals surface area contributed by atoms with Crippen molar-refractivity contribution in [3.8, 4) is 0 Å². The number of benzene rings is 1. The Hall–Kier alpha value is -1.33. The fraction of sp³-hybridized carbons (Fsp3) is 0.111. The average Bonchev–Trinajstić information content (AvgIpc) is 2.03. The molecule has 1 aromatic carbocycles. The second-order valence-corrected chi connectivity index (χ2v) is 3.93. The lowest BCUT2D eigenvalue weighted by molar-refractivity contribution is 0.478. The SMILES string of the molecule is CS(=O)(=O)O.OC=Cc1ccccc1. The van der Waals surface area contributed by atoms with Gasteiger partial charge in [0.15, 0.2) is 0 Å². The summed E-state index contributed by atoms with van der Waals surface area (Å²) in [5, 5.41) is 8.34. The Bertz CT molecular complexity index is 359. The Morgan fingerprint density at radius 1 is 1.21 bits per heavy atom. The summed E-state index contributed by atoms with van der Waals surface area (Å²) >= 11 is 0. The molecular weight excluding hydrogens is 204 g/mol. The van der Waals surface area contributed by atoms with Crippen molar-refractivity contribution in [3.05, 3.63) is 42.2 Å². The smallest absolute Gasteiger partial charge is 0.261 e. The van der Waals surface area contributed by atoms with Crippen LogP contribution in [0.1, 0.15) is 5.56 Å². The molecule has 0 spiro atoms. The van der Waals surface area contributed by atoms with Gasteiger partial charge in [0.25, 0.3) is 10.1 Å². The first-order valence-electron chi connectivity index (χ1n) is 3.72. The maximum atomic E-state index is 9.19. The minimum Gasteiger partial charge on any atom is -0.516 e. The zero-order chi connectivity index (χ0) is 11.0. The van der Waals surface area contributed by atoms with E-state index >= 15 is 0 Å². The van der Waals surface area contributed by atoms with Gasteiger partial charge in [0.1, 0.15) is 0 Å². The van der Waals surface area contributed by atoms with Gasteiger partial charge in [0.05, 0.1) is 12.5 Å². The fourth-order valence-corrected chi connectivity index (χ4v) is 0.650. The van der Waals surface area contributed by atoms with E-state index in [1.807, 2.05) is 30.3 Å². The summed E-state index contributed by atoms with van der Waals surface area (Å²) < 4.78 is 25.9. The third-order valence-corrected chi connectivity index (χ3v) is 1.07. The van der Waals surface area contributed by atoms with Gasteiger partial charge in [-0.05, 0) is 11.6 Å². The van der Waals surface area contributed by atoms with Crippen molar-refractivity contribution in [2.24, 2.45) is 0 Å². The molecule has 0 aliphatic carbocycles. The number of rotatable bonds is 1. The lowest BCUT2D eigenvalue weighted by atomic mass is 10.2. The van der Waals surface area contributed by atoms with E-state index in [-0.39, 0.29) is 0 Å². The summed E-state index contributed by atoms with van der Waals surface area (Å²) in [5.74, 6) is 0. The average molecular weight is 216 g/mol. The van der Waals surface area contributed by atoms with Gasteiger partial charge in [-0.15, -0.1) is 0 Å². The summed E-state index contributed by atoms with van der Waals surface area (Å²) in [6.07, 6.45) is 3.39. The molecular formula is C9H12O4S. The summed E-state index contributed by atoms with van der Waals surface area (Å²) in [6, 6.07) is 9.64. The fourth-order valence-electron chi connectivity index (χ4n) is 0.650. The summed E-state index contributed by atoms with van der Waals surface area (Å²) in [7, 11) is -3.67. The maximum absolute atomic E-state index is 9.19. The topological polar surface area (TPSA) is 74.6 Å². The molecule has 0 aliphatic heterocycles. The lowest BCUT2D eigenvalue weighted by Crippen LogP contribution is -1.88. The van der Waals surface area contributed by atoms with Crippen LogP contribution >= 0.6 is 0 Å². The second-order valence-electron chi connectivity index (χ2n) is 2.46. The van der Waals surface area contributed by atoms with Gasteiger partial charge >= 0.3 is 0 Å². The van der Waals surface area contributed by atoms with Crippen LogP contribution in [0.15, 0.2) is 36.6 Å². The Labute approximate surface area is 83.3 Å². The van der Waals surface area contributed by atoms with Gasteiger partial charge in [-0.1, -0.05) is 30.3 Å². The van der Waals surface area contributed by atoms with E-state index in [1.165, 1.54) is 0 Å². The van der Waals surface area contributed by atoms with E-state index in [9.17, 15) is 8.42 Å². The molecule has 0 bridgehead atoms. The van der Waals surface area contributed by atoms with Gasteiger partial charge in [-0.25, -0.2) is 0 Å². The van der Waals surface area contributed by atoms with Crippen LogP contribution in [0, 0.1) is 0 Å². The molecule has 2 N–H and O–H groups in total. The summed E-state index contributed by atoms with van der Waals surface area (Å²) in [4.78, 5) is 0. The molecule has 14 heavy (non-hydrogen) atoms. The van der Waals surface area contributed by atoms with Crippen molar-refractivity contribution in [1.29, 1.82) is 0 Å². The van der Waals surface area contributed by atoms with Crippen LogP contribution in [0.4, 0.5) is 0 Å². The number of aliphatic hydroxyl groups is 1. The van der Waals surface area contributed by atoms with Crippen LogP contribution in [-0.2, 0) is 10.1 Å². The van der Waals surface area contributed by atoms with Crippen LogP contribution in [0.5, 0.6) is 0 Å². The van der Waals surface area contributed by atoms with Crippen LogP contribution in [0.2, 0.25) is 0 Å². The van der Waals surface area contributed by atoms with Crippen molar-refractivity contribution in [2.75, 3.05) is 6.26 Å². The molecule has 0 fully saturated rings.